The molecule has 0 radical (unpaired) electrons. The van der Waals surface area contributed by atoms with Crippen LogP contribution in [0.1, 0.15) is 45.1 Å². The van der Waals surface area contributed by atoms with Crippen molar-refractivity contribution in [3.63, 3.8) is 0 Å². The average molecular weight is 472 g/mol. The van der Waals surface area contributed by atoms with Gasteiger partial charge in [-0.1, -0.05) is 32.8 Å². The molecule has 174 valence electrons. The quantitative estimate of drug-likeness (QED) is 0.502. The molecule has 0 atom stereocenters. The van der Waals surface area contributed by atoms with Crippen molar-refractivity contribution in [2.75, 3.05) is 0 Å². The fraction of sp³-hybridized carbons (Fsp3) is 0.450. The van der Waals surface area contributed by atoms with Crippen LogP contribution in [-0.4, -0.2) is 26.7 Å². The minimum Gasteiger partial charge on any atom is -0.290 e. The van der Waals surface area contributed by atoms with Gasteiger partial charge in [-0.2, -0.15) is 30.8 Å². The van der Waals surface area contributed by atoms with E-state index >= 15 is 0 Å². The van der Waals surface area contributed by atoms with E-state index in [-0.39, 0.29) is 24.1 Å². The van der Waals surface area contributed by atoms with Gasteiger partial charge >= 0.3 is 11.9 Å². The maximum Gasteiger partial charge on any atom is 0.416 e. The number of rotatable bonds is 8. The van der Waals surface area contributed by atoms with Crippen molar-refractivity contribution in [2.24, 2.45) is 0 Å². The maximum atomic E-state index is 13.0. The second-order valence-corrected chi connectivity index (χ2v) is 9.16. The Morgan fingerprint density at radius 1 is 1.00 bits per heavy atom. The van der Waals surface area contributed by atoms with Crippen molar-refractivity contribution in [1.82, 2.24) is 18.3 Å². The second kappa shape index (κ2) is 8.93. The number of aromatic nitrogens is 4. The summed E-state index contributed by atoms with van der Waals surface area (Å²) in [6.45, 7) is 4.21. The van der Waals surface area contributed by atoms with Crippen LogP contribution in [0.25, 0.3) is 11.0 Å². The van der Waals surface area contributed by atoms with Crippen molar-refractivity contribution >= 4 is 21.1 Å². The molecule has 8 nitrogen and oxygen atoms in total. The third kappa shape index (κ3) is 4.36. The Hall–Kier alpha value is -2.89. The smallest absolute Gasteiger partial charge is 0.290 e. The molecule has 32 heavy (non-hydrogen) atoms. The average Bonchev–Trinajstić information content (AvgIpc) is 3.19. The topological polar surface area (TPSA) is 96.0 Å². The number of benzene rings is 1. The first kappa shape index (κ1) is 23.8. The Kier molecular flexibility index (Phi) is 6.63. The molecule has 0 spiro atoms. The Morgan fingerprint density at radius 3 is 2.22 bits per heavy atom. The van der Waals surface area contributed by atoms with Crippen LogP contribution >= 0.6 is 0 Å². The molecule has 2 heterocycles. The first-order chi connectivity index (χ1) is 15.0. The van der Waals surface area contributed by atoms with E-state index in [4.69, 9.17) is 0 Å². The number of fused-ring (bicyclic) bond motifs is 1. The molecule has 0 unspecified atom stereocenters. The molecule has 0 saturated heterocycles. The molecule has 0 fully saturated rings. The van der Waals surface area contributed by atoms with Gasteiger partial charge in [0.15, 0.2) is 5.52 Å². The van der Waals surface area contributed by atoms with Gasteiger partial charge < -0.3 is 0 Å². The lowest BCUT2D eigenvalue weighted by molar-refractivity contribution is -0.137. The summed E-state index contributed by atoms with van der Waals surface area (Å²) in [5, 5.41) is 3.89. The maximum absolute atomic E-state index is 13.0. The van der Waals surface area contributed by atoms with E-state index in [0.29, 0.717) is 23.0 Å². The van der Waals surface area contributed by atoms with Crippen LogP contribution < -0.4 is 11.2 Å². The van der Waals surface area contributed by atoms with E-state index in [0.717, 1.165) is 41.8 Å². The SMILES string of the molecule is CCCCn1c(=O)c2nn(S(=O)(=O)c3cccc(C(F)(F)F)c3)cc2n(CCCC)c1=O. The molecule has 0 aliphatic carbocycles. The highest BCUT2D eigenvalue weighted by molar-refractivity contribution is 7.89. The third-order valence-electron chi connectivity index (χ3n) is 5.05. The monoisotopic (exact) mass is 472 g/mol. The van der Waals surface area contributed by atoms with Crippen molar-refractivity contribution < 1.29 is 21.6 Å². The van der Waals surface area contributed by atoms with Crippen LogP contribution in [0.5, 0.6) is 0 Å². The van der Waals surface area contributed by atoms with Gasteiger partial charge in [-0.05, 0) is 31.0 Å². The zero-order chi connectivity index (χ0) is 23.7. The lowest BCUT2D eigenvalue weighted by atomic mass is 10.2. The molecule has 3 rings (SSSR count). The summed E-state index contributed by atoms with van der Waals surface area (Å²) >= 11 is 0. The lowest BCUT2D eigenvalue weighted by Gasteiger charge is -2.10. The summed E-state index contributed by atoms with van der Waals surface area (Å²) in [7, 11) is -4.54. The highest BCUT2D eigenvalue weighted by atomic mass is 32.2. The highest BCUT2D eigenvalue weighted by Gasteiger charge is 2.32. The molecule has 0 aliphatic heterocycles. The molecular weight excluding hydrogens is 449 g/mol. The van der Waals surface area contributed by atoms with Crippen molar-refractivity contribution in [2.45, 2.75) is 63.7 Å². The molecule has 1 aromatic carbocycles. The van der Waals surface area contributed by atoms with E-state index in [1.807, 2.05) is 13.8 Å². The minimum atomic E-state index is -4.73. The minimum absolute atomic E-state index is 0.0248. The van der Waals surface area contributed by atoms with Gasteiger partial charge in [-0.25, -0.2) is 4.79 Å². The number of aryl methyl sites for hydroxylation is 1. The van der Waals surface area contributed by atoms with Gasteiger partial charge in [0.2, 0.25) is 0 Å². The predicted molar refractivity (Wildman–Crippen MR) is 112 cm³/mol. The number of hydrogen-bond acceptors (Lipinski definition) is 5. The highest BCUT2D eigenvalue weighted by Crippen LogP contribution is 2.31. The predicted octanol–water partition coefficient (Wildman–Crippen LogP) is 3.22. The standard InChI is InChI=1S/C20H23F3N4O4S/c1-3-5-10-25-16-13-27(24-17(16)18(28)26(19(25)29)11-6-4-2)32(30,31)15-9-7-8-14(12-15)20(21,22)23/h7-9,12-13H,3-6,10-11H2,1-2H3. The molecule has 0 N–H and O–H groups in total. The van der Waals surface area contributed by atoms with Gasteiger partial charge in [-0.15, -0.1) is 0 Å². The number of halogens is 3. The van der Waals surface area contributed by atoms with E-state index < -0.39 is 37.9 Å². The van der Waals surface area contributed by atoms with E-state index in [9.17, 15) is 31.2 Å². The van der Waals surface area contributed by atoms with E-state index in [2.05, 4.69) is 5.10 Å². The molecule has 0 aliphatic rings. The summed E-state index contributed by atoms with van der Waals surface area (Å²) < 4.78 is 67.9. The number of nitrogens with zero attached hydrogens (tertiary/aromatic N) is 4. The van der Waals surface area contributed by atoms with Crippen molar-refractivity contribution in [3.8, 4) is 0 Å². The Bertz CT molecular complexity index is 1350. The van der Waals surface area contributed by atoms with Crippen molar-refractivity contribution in [3.05, 3.63) is 56.9 Å². The fourth-order valence-corrected chi connectivity index (χ4v) is 4.44. The summed E-state index contributed by atoms with van der Waals surface area (Å²) in [6, 6.07) is 3.26. The van der Waals surface area contributed by atoms with Crippen LogP contribution in [0.15, 0.2) is 44.9 Å². The molecule has 3 aromatic rings. The van der Waals surface area contributed by atoms with Gasteiger partial charge in [-0.3, -0.25) is 13.9 Å². The van der Waals surface area contributed by atoms with Gasteiger partial charge in [0.1, 0.15) is 0 Å². The first-order valence-corrected chi connectivity index (χ1v) is 11.6. The molecule has 0 amide bonds. The van der Waals surface area contributed by atoms with Crippen LogP contribution in [0, 0.1) is 0 Å². The zero-order valence-corrected chi connectivity index (χ0v) is 18.4. The van der Waals surface area contributed by atoms with Gasteiger partial charge in [0, 0.05) is 13.1 Å². The van der Waals surface area contributed by atoms with Gasteiger partial charge in [0.25, 0.3) is 15.6 Å². The van der Waals surface area contributed by atoms with Gasteiger partial charge in [0.05, 0.1) is 22.2 Å². The normalized spacial score (nSPS) is 12.5. The lowest BCUT2D eigenvalue weighted by Crippen LogP contribution is -2.40. The Morgan fingerprint density at radius 2 is 1.62 bits per heavy atom. The zero-order valence-electron chi connectivity index (χ0n) is 17.6. The molecule has 12 heteroatoms. The summed E-state index contributed by atoms with van der Waals surface area (Å²) in [5.74, 6) is 0. The second-order valence-electron chi connectivity index (χ2n) is 7.36. The van der Waals surface area contributed by atoms with E-state index in [1.165, 1.54) is 4.57 Å². The van der Waals surface area contributed by atoms with Crippen molar-refractivity contribution in [1.29, 1.82) is 0 Å². The summed E-state index contributed by atoms with van der Waals surface area (Å²) in [5.41, 5.74) is -2.63. The Balaban J connectivity index is 2.24. The number of hydrogen-bond donors (Lipinski definition) is 0. The van der Waals surface area contributed by atoms with E-state index in [1.54, 1.807) is 0 Å². The first-order valence-electron chi connectivity index (χ1n) is 10.2. The van der Waals surface area contributed by atoms with Crippen LogP contribution in [0.3, 0.4) is 0 Å². The fourth-order valence-electron chi connectivity index (χ4n) is 3.27. The van der Waals surface area contributed by atoms with Crippen LogP contribution in [-0.2, 0) is 29.3 Å². The Labute approximate surface area is 182 Å². The molecular formula is C20H23F3N4O4S. The summed E-state index contributed by atoms with van der Waals surface area (Å²) in [6.07, 6.45) is -1.07. The molecule has 2 aromatic heterocycles. The number of unbranched alkanes of at least 4 members (excludes halogenated alkanes) is 2. The van der Waals surface area contributed by atoms with Crippen LogP contribution in [0.2, 0.25) is 0 Å². The third-order valence-corrected chi connectivity index (χ3v) is 6.58. The molecule has 0 saturated carbocycles. The largest absolute Gasteiger partial charge is 0.416 e. The van der Waals surface area contributed by atoms with Crippen LogP contribution in [0.4, 0.5) is 13.2 Å². The summed E-state index contributed by atoms with van der Waals surface area (Å²) in [4.78, 5) is 25.2. The number of alkyl halides is 3. The molecule has 0 bridgehead atoms.